The van der Waals surface area contributed by atoms with Crippen LogP contribution in [0.1, 0.15) is 46.8 Å². The van der Waals surface area contributed by atoms with E-state index in [1.165, 1.54) is 17.8 Å². The summed E-state index contributed by atoms with van der Waals surface area (Å²) in [5.41, 5.74) is 3.41. The fourth-order valence-corrected chi connectivity index (χ4v) is 7.17. The summed E-state index contributed by atoms with van der Waals surface area (Å²) < 4.78 is 55.5. The number of hydrogen-bond acceptors (Lipinski definition) is 12. The summed E-state index contributed by atoms with van der Waals surface area (Å²) in [5, 5.41) is 15.3. The summed E-state index contributed by atoms with van der Waals surface area (Å²) in [4.78, 5) is 27.9. The maximum absolute atomic E-state index is 16.6. The number of nitrogens with one attached hydrogen (secondary N) is 1. The number of ether oxygens (including phenoxy) is 2. The predicted molar refractivity (Wildman–Crippen MR) is 185 cm³/mol. The van der Waals surface area contributed by atoms with Crippen molar-refractivity contribution in [2.24, 2.45) is 5.41 Å². The number of aliphatic hydroxyl groups excluding tert-OH is 1. The van der Waals surface area contributed by atoms with Crippen LogP contribution in [0.15, 0.2) is 48.8 Å². The Labute approximate surface area is 289 Å². The second-order valence-electron chi connectivity index (χ2n) is 13.8. The molecular formula is C34H41FN7O7P. The van der Waals surface area contributed by atoms with Gasteiger partial charge in [-0.1, -0.05) is 63.1 Å². The molecule has 0 unspecified atom stereocenters. The average molecular weight is 710 g/mol. The van der Waals surface area contributed by atoms with E-state index in [-0.39, 0.29) is 35.4 Å². The number of hydrogen-bond donors (Lipinski definition) is 3. The summed E-state index contributed by atoms with van der Waals surface area (Å²) >= 11 is 0. The number of carbonyl (C=O) groups excluding carboxylic acids is 1. The van der Waals surface area contributed by atoms with Crippen LogP contribution in [-0.2, 0) is 23.4 Å². The number of nitrogens with zero attached hydrogens (tertiary/aromatic N) is 5. The lowest BCUT2D eigenvalue weighted by Gasteiger charge is -2.26. The van der Waals surface area contributed by atoms with Crippen LogP contribution in [0.5, 0.6) is 5.75 Å². The number of aromatic nitrogens is 4. The lowest BCUT2D eigenvalue weighted by molar-refractivity contribution is -0.148. The lowest BCUT2D eigenvalue weighted by atomic mass is 9.97. The number of nitrogen functional groups attached to an aromatic ring is 1. The first kappa shape index (κ1) is 35.5. The van der Waals surface area contributed by atoms with E-state index in [9.17, 15) is 14.5 Å². The van der Waals surface area contributed by atoms with Crippen LogP contribution < -0.4 is 20.2 Å². The van der Waals surface area contributed by atoms with Gasteiger partial charge in [0, 0.05) is 18.5 Å². The van der Waals surface area contributed by atoms with Gasteiger partial charge in [0.25, 0.3) is 0 Å². The zero-order valence-corrected chi connectivity index (χ0v) is 29.3. The molecular weight excluding hydrogens is 668 g/mol. The summed E-state index contributed by atoms with van der Waals surface area (Å²) in [6.07, 6.45) is 3.86. The second-order valence-corrected chi connectivity index (χ2v) is 15.5. The van der Waals surface area contributed by atoms with Crippen molar-refractivity contribution in [3.8, 4) is 18.1 Å². The van der Waals surface area contributed by atoms with Crippen molar-refractivity contribution in [2.45, 2.75) is 76.7 Å². The van der Waals surface area contributed by atoms with E-state index in [1.54, 1.807) is 24.3 Å². The molecule has 2 aliphatic rings. The fraction of sp³-hybridized carbons (Fsp3) is 0.471. The van der Waals surface area contributed by atoms with Gasteiger partial charge in [-0.3, -0.25) is 13.9 Å². The van der Waals surface area contributed by atoms with Crippen molar-refractivity contribution in [1.29, 1.82) is 0 Å². The van der Waals surface area contributed by atoms with Crippen LogP contribution >= 0.6 is 7.75 Å². The largest absolute Gasteiger partial charge is 0.464 e. The molecule has 50 heavy (non-hydrogen) atoms. The number of esters is 1. The van der Waals surface area contributed by atoms with Gasteiger partial charge >= 0.3 is 13.7 Å². The molecule has 0 amide bonds. The minimum Gasteiger partial charge on any atom is -0.464 e. The Balaban J connectivity index is 1.27. The molecule has 2 fully saturated rings. The number of halogens is 1. The van der Waals surface area contributed by atoms with Crippen LogP contribution in [0.25, 0.3) is 21.9 Å². The monoisotopic (exact) mass is 709 g/mol. The van der Waals surface area contributed by atoms with Crippen LogP contribution in [-0.4, -0.2) is 80.8 Å². The highest BCUT2D eigenvalue weighted by molar-refractivity contribution is 7.52. The van der Waals surface area contributed by atoms with Gasteiger partial charge in [0.2, 0.25) is 11.6 Å². The Bertz CT molecular complexity index is 1990. The normalized spacial score (nSPS) is 24.1. The van der Waals surface area contributed by atoms with Crippen molar-refractivity contribution in [1.82, 2.24) is 24.6 Å². The lowest BCUT2D eigenvalue weighted by Crippen LogP contribution is -2.42. The molecule has 1 saturated heterocycles. The molecule has 14 nitrogen and oxygen atoms in total. The van der Waals surface area contributed by atoms with E-state index in [4.69, 9.17) is 30.7 Å². The third kappa shape index (κ3) is 7.12. The minimum absolute atomic E-state index is 0.0712. The smallest absolute Gasteiger partial charge is 0.459 e. The molecule has 1 aliphatic carbocycles. The summed E-state index contributed by atoms with van der Waals surface area (Å²) in [6, 6.07) is 11.5. The van der Waals surface area contributed by atoms with Crippen molar-refractivity contribution in [2.75, 3.05) is 30.9 Å². The molecule has 0 spiro atoms. The first-order valence-electron chi connectivity index (χ1n) is 16.2. The minimum atomic E-state index is -4.47. The summed E-state index contributed by atoms with van der Waals surface area (Å²) in [6.45, 7) is 6.59. The standard InChI is InChI=1S/C34H41FN7O7P/c1-7-34(35)27(43)25(48-31(34)42-19-37-26-28(41(6)22-15-16-22)38-32(36)39-29(26)42)17-47-50(45,40-20(2)30(44)46-18-33(3,4)5)49-24-14-10-12-21-11-8-9-13-23(21)24/h1,8-14,19-20,22,25,27,31,43H,15-18H2,2-6H3,(H,40,45)(H2,36,38,39)/t20-,25+,27+,31+,34+,50+/m0/s1. The second kappa shape index (κ2) is 13.4. The third-order valence-electron chi connectivity index (χ3n) is 8.50. The van der Waals surface area contributed by atoms with E-state index in [1.807, 2.05) is 56.8 Å². The number of benzene rings is 2. The average Bonchev–Trinajstić information content (AvgIpc) is 3.80. The molecule has 2 aromatic carbocycles. The number of imidazole rings is 1. The molecule has 0 bridgehead atoms. The van der Waals surface area contributed by atoms with E-state index in [0.29, 0.717) is 16.7 Å². The van der Waals surface area contributed by atoms with Gasteiger partial charge in [-0.2, -0.15) is 15.1 Å². The number of rotatable bonds is 12. The molecule has 0 radical (unpaired) electrons. The van der Waals surface area contributed by atoms with Crippen LogP contribution in [0.4, 0.5) is 16.2 Å². The Morgan fingerprint density at radius 2 is 2.00 bits per heavy atom. The van der Waals surface area contributed by atoms with Crippen molar-refractivity contribution in [3.63, 3.8) is 0 Å². The summed E-state index contributed by atoms with van der Waals surface area (Å²) in [7, 11) is -2.61. The van der Waals surface area contributed by atoms with Crippen LogP contribution in [0.3, 0.4) is 0 Å². The fourth-order valence-electron chi connectivity index (χ4n) is 5.65. The van der Waals surface area contributed by atoms with Crippen LogP contribution in [0.2, 0.25) is 0 Å². The number of fused-ring (bicyclic) bond motifs is 2. The van der Waals surface area contributed by atoms with Gasteiger partial charge in [0.15, 0.2) is 23.2 Å². The van der Waals surface area contributed by atoms with Crippen molar-refractivity contribution in [3.05, 3.63) is 48.8 Å². The molecule has 3 heterocycles. The number of anilines is 2. The molecule has 4 N–H and O–H groups in total. The summed E-state index contributed by atoms with van der Waals surface area (Å²) in [5.74, 6) is 1.91. The van der Waals surface area contributed by atoms with E-state index in [0.717, 1.165) is 18.2 Å². The first-order valence-corrected chi connectivity index (χ1v) is 17.8. The number of nitrogens with two attached hydrogens (primary N) is 1. The van der Waals surface area contributed by atoms with Gasteiger partial charge in [0.1, 0.15) is 24.0 Å². The van der Waals surface area contributed by atoms with Gasteiger partial charge in [-0.25, -0.2) is 13.9 Å². The number of alkyl halides is 1. The Hall–Kier alpha value is -4.32. The molecule has 2 aromatic heterocycles. The highest BCUT2D eigenvalue weighted by Gasteiger charge is 2.58. The molecule has 16 heteroatoms. The van der Waals surface area contributed by atoms with Crippen molar-refractivity contribution < 1.29 is 37.4 Å². The molecule has 1 aliphatic heterocycles. The third-order valence-corrected chi connectivity index (χ3v) is 10.1. The molecule has 4 aromatic rings. The molecule has 6 rings (SSSR count). The van der Waals surface area contributed by atoms with Gasteiger partial charge in [-0.05, 0) is 36.6 Å². The SMILES string of the molecule is C#C[C@@]1(F)[C@H](O)[C@@H](CO[P@](=O)(N[C@@H](C)C(=O)OCC(C)(C)C)Oc2cccc3ccccc23)O[C@H]1n1cnc2c(N(C)C3CC3)nc(N)nc21. The maximum atomic E-state index is 16.6. The Morgan fingerprint density at radius 3 is 2.70 bits per heavy atom. The maximum Gasteiger partial charge on any atom is 0.459 e. The predicted octanol–water partition coefficient (Wildman–Crippen LogP) is 4.53. The zero-order valence-electron chi connectivity index (χ0n) is 28.4. The van der Waals surface area contributed by atoms with E-state index >= 15 is 4.39 Å². The van der Waals surface area contributed by atoms with Crippen molar-refractivity contribution >= 4 is 47.4 Å². The zero-order chi connectivity index (χ0) is 36.0. The first-order chi connectivity index (χ1) is 23.6. The topological polar surface area (TPSA) is 176 Å². The van der Waals surface area contributed by atoms with E-state index < -0.39 is 50.5 Å². The highest BCUT2D eigenvalue weighted by atomic mass is 31.2. The van der Waals surface area contributed by atoms with Crippen LogP contribution in [0, 0.1) is 17.8 Å². The van der Waals surface area contributed by atoms with E-state index in [2.05, 4.69) is 20.0 Å². The quantitative estimate of drug-likeness (QED) is 0.106. The molecule has 266 valence electrons. The van der Waals surface area contributed by atoms with Gasteiger partial charge in [0.05, 0.1) is 19.5 Å². The van der Waals surface area contributed by atoms with Gasteiger partial charge < -0.3 is 29.7 Å². The Kier molecular flexibility index (Phi) is 9.53. The number of carbonyl (C=O) groups is 1. The Morgan fingerprint density at radius 1 is 1.28 bits per heavy atom. The highest BCUT2D eigenvalue weighted by Crippen LogP contribution is 2.49. The number of aliphatic hydroxyl groups is 1. The molecule has 1 saturated carbocycles. The van der Waals surface area contributed by atoms with Gasteiger partial charge in [-0.15, -0.1) is 6.42 Å². The number of terminal acetylenes is 1. The molecule has 6 atom stereocenters.